The molecule has 0 aliphatic carbocycles. The van der Waals surface area contributed by atoms with E-state index in [-0.39, 0.29) is 12.5 Å². The fraction of sp³-hybridized carbons (Fsp3) is 0.875. The molecule has 0 fully saturated rings. The van der Waals surface area contributed by atoms with Crippen molar-refractivity contribution in [2.24, 2.45) is 5.73 Å². The fourth-order valence-corrected chi connectivity index (χ4v) is 0.893. The largest absolute Gasteiger partial charge is 0.481 e. The van der Waals surface area contributed by atoms with Gasteiger partial charge in [-0.05, 0) is 32.9 Å². The number of nitrogens with two attached hydrogens (primary N) is 1. The first kappa shape index (κ1) is 11.4. The van der Waals surface area contributed by atoms with Gasteiger partial charge in [-0.2, -0.15) is 0 Å². The van der Waals surface area contributed by atoms with Crippen LogP contribution in [0.1, 0.15) is 26.2 Å². The molecule has 0 aromatic heterocycles. The summed E-state index contributed by atoms with van der Waals surface area (Å²) in [5, 5.41) is 11.6. The Balaban J connectivity index is 3.21. The Labute approximate surface area is 73.1 Å². The third kappa shape index (κ3) is 7.50. The standard InChI is InChI=1S/C8H18N2O2/c1-7(3-4-8(11)12)10-6-2-5-9/h7,10H,2-6,9H2,1H3,(H,11,12). The lowest BCUT2D eigenvalue weighted by Crippen LogP contribution is -2.28. The molecule has 0 heterocycles. The Bertz CT molecular complexity index is 128. The van der Waals surface area contributed by atoms with Crippen LogP contribution in [0.2, 0.25) is 0 Å². The molecule has 0 aliphatic rings. The molecule has 0 aliphatic heterocycles. The number of aliphatic carboxylic acids is 1. The average Bonchev–Trinajstić information content (AvgIpc) is 2.01. The van der Waals surface area contributed by atoms with Crippen LogP contribution < -0.4 is 11.1 Å². The highest BCUT2D eigenvalue weighted by Crippen LogP contribution is 1.95. The number of hydrogen-bond acceptors (Lipinski definition) is 3. The zero-order valence-corrected chi connectivity index (χ0v) is 7.55. The van der Waals surface area contributed by atoms with Crippen LogP contribution in [-0.2, 0) is 4.79 Å². The molecule has 12 heavy (non-hydrogen) atoms. The van der Waals surface area contributed by atoms with Gasteiger partial charge in [-0.25, -0.2) is 0 Å². The van der Waals surface area contributed by atoms with Crippen LogP contribution in [0.15, 0.2) is 0 Å². The fourth-order valence-electron chi connectivity index (χ4n) is 0.893. The van der Waals surface area contributed by atoms with E-state index in [9.17, 15) is 4.79 Å². The van der Waals surface area contributed by atoms with E-state index in [1.165, 1.54) is 0 Å². The van der Waals surface area contributed by atoms with Crippen LogP contribution in [-0.4, -0.2) is 30.2 Å². The molecule has 4 N–H and O–H groups in total. The maximum absolute atomic E-state index is 10.2. The summed E-state index contributed by atoms with van der Waals surface area (Å²) in [7, 11) is 0. The predicted octanol–water partition coefficient (Wildman–Crippen LogP) is 0.178. The van der Waals surface area contributed by atoms with Gasteiger partial charge in [-0.1, -0.05) is 0 Å². The van der Waals surface area contributed by atoms with Gasteiger partial charge in [0.1, 0.15) is 0 Å². The summed E-state index contributed by atoms with van der Waals surface area (Å²) in [4.78, 5) is 10.2. The summed E-state index contributed by atoms with van der Waals surface area (Å²) in [6.45, 7) is 3.54. The molecule has 0 amide bonds. The molecule has 0 saturated heterocycles. The summed E-state index contributed by atoms with van der Waals surface area (Å²) in [5.74, 6) is -0.734. The van der Waals surface area contributed by atoms with E-state index < -0.39 is 5.97 Å². The molecule has 0 rings (SSSR count). The Morgan fingerprint density at radius 3 is 2.83 bits per heavy atom. The molecular weight excluding hydrogens is 156 g/mol. The lowest BCUT2D eigenvalue weighted by Gasteiger charge is -2.11. The molecule has 4 heteroatoms. The van der Waals surface area contributed by atoms with Crippen molar-refractivity contribution in [2.75, 3.05) is 13.1 Å². The van der Waals surface area contributed by atoms with Crippen LogP contribution in [0.5, 0.6) is 0 Å². The minimum absolute atomic E-state index is 0.233. The topological polar surface area (TPSA) is 75.3 Å². The van der Waals surface area contributed by atoms with Crippen molar-refractivity contribution in [1.29, 1.82) is 0 Å². The highest BCUT2D eigenvalue weighted by Gasteiger charge is 2.03. The van der Waals surface area contributed by atoms with E-state index in [0.29, 0.717) is 13.0 Å². The third-order valence-corrected chi connectivity index (χ3v) is 1.66. The third-order valence-electron chi connectivity index (χ3n) is 1.66. The number of hydrogen-bond donors (Lipinski definition) is 3. The molecule has 0 saturated carbocycles. The minimum atomic E-state index is -0.734. The number of carboxylic acid groups (broad SMARTS) is 1. The highest BCUT2D eigenvalue weighted by molar-refractivity contribution is 5.66. The van der Waals surface area contributed by atoms with Gasteiger partial charge >= 0.3 is 5.97 Å². The predicted molar refractivity (Wildman–Crippen MR) is 48.0 cm³/mol. The Morgan fingerprint density at radius 1 is 1.67 bits per heavy atom. The van der Waals surface area contributed by atoms with Crippen molar-refractivity contribution in [2.45, 2.75) is 32.2 Å². The lowest BCUT2D eigenvalue weighted by molar-refractivity contribution is -0.137. The van der Waals surface area contributed by atoms with E-state index in [2.05, 4.69) is 5.32 Å². The Kier molecular flexibility index (Phi) is 6.70. The van der Waals surface area contributed by atoms with Crippen LogP contribution in [0, 0.1) is 0 Å². The molecule has 0 aromatic carbocycles. The van der Waals surface area contributed by atoms with Crippen LogP contribution >= 0.6 is 0 Å². The summed E-state index contributed by atoms with van der Waals surface area (Å²) >= 11 is 0. The van der Waals surface area contributed by atoms with Gasteiger partial charge in [0, 0.05) is 12.5 Å². The van der Waals surface area contributed by atoms with Gasteiger partial charge in [0.25, 0.3) is 0 Å². The number of rotatable bonds is 7. The second kappa shape index (κ2) is 7.06. The lowest BCUT2D eigenvalue weighted by atomic mass is 10.2. The van der Waals surface area contributed by atoms with Gasteiger partial charge in [0.15, 0.2) is 0 Å². The Hall–Kier alpha value is -0.610. The molecule has 0 spiro atoms. The zero-order valence-electron chi connectivity index (χ0n) is 7.55. The van der Waals surface area contributed by atoms with Gasteiger partial charge in [0.2, 0.25) is 0 Å². The summed E-state index contributed by atoms with van der Waals surface area (Å²) in [6.07, 6.45) is 1.86. The van der Waals surface area contributed by atoms with Gasteiger partial charge in [-0.3, -0.25) is 4.79 Å². The number of nitrogens with one attached hydrogen (secondary N) is 1. The SMILES string of the molecule is CC(CCC(=O)O)NCCCN. The van der Waals surface area contributed by atoms with E-state index in [1.807, 2.05) is 6.92 Å². The first-order valence-electron chi connectivity index (χ1n) is 4.32. The summed E-state index contributed by atoms with van der Waals surface area (Å²) < 4.78 is 0. The van der Waals surface area contributed by atoms with E-state index in [1.54, 1.807) is 0 Å². The van der Waals surface area contributed by atoms with Crippen LogP contribution in [0.3, 0.4) is 0 Å². The summed E-state index contributed by atoms with van der Waals surface area (Å²) in [5.41, 5.74) is 5.30. The van der Waals surface area contributed by atoms with Crippen LogP contribution in [0.25, 0.3) is 0 Å². The van der Waals surface area contributed by atoms with E-state index >= 15 is 0 Å². The minimum Gasteiger partial charge on any atom is -0.481 e. The normalized spacial score (nSPS) is 12.8. The smallest absolute Gasteiger partial charge is 0.303 e. The van der Waals surface area contributed by atoms with E-state index in [4.69, 9.17) is 10.8 Å². The van der Waals surface area contributed by atoms with Crippen molar-refractivity contribution in [3.8, 4) is 0 Å². The molecule has 1 unspecified atom stereocenters. The second-order valence-corrected chi connectivity index (χ2v) is 2.93. The van der Waals surface area contributed by atoms with Gasteiger partial charge in [-0.15, -0.1) is 0 Å². The molecule has 0 bridgehead atoms. The molecular formula is C8H18N2O2. The van der Waals surface area contributed by atoms with Crippen molar-refractivity contribution in [3.63, 3.8) is 0 Å². The Morgan fingerprint density at radius 2 is 2.33 bits per heavy atom. The first-order valence-corrected chi connectivity index (χ1v) is 4.32. The maximum atomic E-state index is 10.2. The number of carbonyl (C=O) groups is 1. The number of carboxylic acids is 1. The van der Waals surface area contributed by atoms with Gasteiger partial charge in [0.05, 0.1) is 0 Å². The van der Waals surface area contributed by atoms with Crippen LogP contribution in [0.4, 0.5) is 0 Å². The monoisotopic (exact) mass is 174 g/mol. The molecule has 1 atom stereocenters. The van der Waals surface area contributed by atoms with E-state index in [0.717, 1.165) is 13.0 Å². The van der Waals surface area contributed by atoms with Crippen molar-refractivity contribution < 1.29 is 9.90 Å². The average molecular weight is 174 g/mol. The molecule has 4 nitrogen and oxygen atoms in total. The van der Waals surface area contributed by atoms with Crippen molar-refractivity contribution in [1.82, 2.24) is 5.32 Å². The quantitative estimate of drug-likeness (QED) is 0.481. The second-order valence-electron chi connectivity index (χ2n) is 2.93. The highest BCUT2D eigenvalue weighted by atomic mass is 16.4. The molecule has 72 valence electrons. The van der Waals surface area contributed by atoms with Gasteiger partial charge < -0.3 is 16.2 Å². The first-order chi connectivity index (χ1) is 5.66. The van der Waals surface area contributed by atoms with Crippen molar-refractivity contribution in [3.05, 3.63) is 0 Å². The molecule has 0 aromatic rings. The maximum Gasteiger partial charge on any atom is 0.303 e. The zero-order chi connectivity index (χ0) is 9.40. The summed E-state index contributed by atoms with van der Waals surface area (Å²) in [6, 6.07) is 0.271. The molecule has 0 radical (unpaired) electrons. The van der Waals surface area contributed by atoms with Crippen molar-refractivity contribution >= 4 is 5.97 Å².